The zero-order chi connectivity index (χ0) is 35.6. The fourth-order valence-corrected chi connectivity index (χ4v) is 8.41. The van der Waals surface area contributed by atoms with Crippen LogP contribution >= 0.6 is 0 Å². The molecule has 0 aliphatic heterocycles. The lowest BCUT2D eigenvalue weighted by Gasteiger charge is -2.30. The van der Waals surface area contributed by atoms with E-state index in [1.165, 1.54) is 48.8 Å². The van der Waals surface area contributed by atoms with E-state index in [-0.39, 0.29) is 0 Å². The monoisotopic (exact) mass is 687 g/mol. The molecule has 252 valence electrons. The van der Waals surface area contributed by atoms with Crippen molar-refractivity contribution in [1.82, 2.24) is 0 Å². The minimum absolute atomic E-state index is 0.892. The molecule has 1 aromatic heterocycles. The third kappa shape index (κ3) is 4.88. The highest BCUT2D eigenvalue weighted by Gasteiger charge is 2.22. The van der Waals surface area contributed by atoms with Crippen molar-refractivity contribution in [2.45, 2.75) is 0 Å². The Morgan fingerprint density at radius 2 is 0.981 bits per heavy atom. The van der Waals surface area contributed by atoms with Crippen LogP contribution < -0.4 is 4.90 Å². The van der Waals surface area contributed by atoms with Crippen LogP contribution in [0.2, 0.25) is 0 Å². The van der Waals surface area contributed by atoms with Gasteiger partial charge < -0.3 is 9.32 Å². The van der Waals surface area contributed by atoms with E-state index in [1.54, 1.807) is 0 Å². The quantitative estimate of drug-likeness (QED) is 0.168. The topological polar surface area (TPSA) is 16.4 Å². The number of hydrogen-bond acceptors (Lipinski definition) is 2. The smallest absolute Gasteiger partial charge is 0.143 e. The van der Waals surface area contributed by atoms with Crippen LogP contribution in [0, 0.1) is 0 Å². The molecule has 0 saturated heterocycles. The zero-order valence-electron chi connectivity index (χ0n) is 29.4. The molecule has 0 N–H and O–H groups in total. The molecule has 0 atom stereocenters. The van der Waals surface area contributed by atoms with Gasteiger partial charge in [0.25, 0.3) is 0 Å². The van der Waals surface area contributed by atoms with Crippen molar-refractivity contribution in [3.05, 3.63) is 200 Å². The van der Waals surface area contributed by atoms with Gasteiger partial charge in [-0.1, -0.05) is 152 Å². The van der Waals surface area contributed by atoms with Crippen molar-refractivity contribution >= 4 is 82.1 Å². The maximum absolute atomic E-state index is 6.53. The van der Waals surface area contributed by atoms with Gasteiger partial charge in [-0.25, -0.2) is 0 Å². The van der Waals surface area contributed by atoms with Gasteiger partial charge in [0.05, 0.1) is 11.4 Å². The van der Waals surface area contributed by atoms with E-state index in [4.69, 9.17) is 4.42 Å². The molecule has 10 aromatic carbocycles. The Morgan fingerprint density at radius 3 is 1.87 bits per heavy atom. The van der Waals surface area contributed by atoms with Gasteiger partial charge in [-0.05, 0) is 97.5 Å². The largest absolute Gasteiger partial charge is 0.455 e. The fraction of sp³-hybridized carbons (Fsp3) is 0. The molecule has 0 aliphatic rings. The summed E-state index contributed by atoms with van der Waals surface area (Å²) in [6.45, 7) is 0. The lowest BCUT2D eigenvalue weighted by atomic mass is 9.96. The Balaban J connectivity index is 1.16. The Bertz CT molecular complexity index is 3240. The van der Waals surface area contributed by atoms with E-state index in [0.29, 0.717) is 0 Å². The summed E-state index contributed by atoms with van der Waals surface area (Å²) in [7, 11) is 0. The van der Waals surface area contributed by atoms with Crippen molar-refractivity contribution in [2.24, 2.45) is 0 Å². The first kappa shape index (κ1) is 30.5. The van der Waals surface area contributed by atoms with Crippen LogP contribution in [0.4, 0.5) is 17.1 Å². The van der Waals surface area contributed by atoms with Crippen LogP contribution in [0.5, 0.6) is 0 Å². The molecule has 2 nitrogen and oxygen atoms in total. The molecule has 0 amide bonds. The Labute approximate surface area is 312 Å². The number of para-hydroxylation sites is 1. The summed E-state index contributed by atoms with van der Waals surface area (Å²) >= 11 is 0. The molecule has 2 heteroatoms. The number of rotatable bonds is 5. The first-order chi connectivity index (χ1) is 26.8. The standard InChI is InChI=1S/C52H33NO/c1-2-14-36-30-38(25-24-34(36)12-1)37-16-11-17-41(31-37)53(50-33-39-15-4-5-18-42(39)45-21-7-8-22-46(45)50)49-23-10-9-19-43(49)40-27-29-51-48(32-40)47-28-26-35-13-3-6-20-44(35)52(47)54-51/h1-33H. The summed E-state index contributed by atoms with van der Waals surface area (Å²) in [6.07, 6.45) is 0. The van der Waals surface area contributed by atoms with Crippen LogP contribution in [-0.4, -0.2) is 0 Å². The first-order valence-corrected chi connectivity index (χ1v) is 18.5. The lowest BCUT2D eigenvalue weighted by Crippen LogP contribution is -2.12. The summed E-state index contributed by atoms with van der Waals surface area (Å²) in [5, 5.41) is 11.9. The average molecular weight is 688 g/mol. The maximum atomic E-state index is 6.53. The van der Waals surface area contributed by atoms with Crippen LogP contribution in [0.3, 0.4) is 0 Å². The SMILES string of the molecule is c1cc(-c2ccc3ccccc3c2)cc(N(c2ccccc2-c2ccc3oc4c5ccccc5ccc4c3c2)c2cc3ccccc3c3ccccc23)c1. The van der Waals surface area contributed by atoms with Gasteiger partial charge in [-0.15, -0.1) is 0 Å². The number of benzene rings is 10. The van der Waals surface area contributed by atoms with E-state index < -0.39 is 0 Å². The summed E-state index contributed by atoms with van der Waals surface area (Å²) < 4.78 is 6.53. The van der Waals surface area contributed by atoms with E-state index in [9.17, 15) is 0 Å². The summed E-state index contributed by atoms with van der Waals surface area (Å²) in [5.74, 6) is 0. The Morgan fingerprint density at radius 1 is 0.315 bits per heavy atom. The molecule has 11 rings (SSSR count). The number of fused-ring (bicyclic) bond motifs is 9. The molecule has 11 aromatic rings. The third-order valence-corrected chi connectivity index (χ3v) is 11.0. The zero-order valence-corrected chi connectivity index (χ0v) is 29.4. The molecular formula is C52H33NO. The normalized spacial score (nSPS) is 11.7. The molecule has 0 aliphatic carbocycles. The lowest BCUT2D eigenvalue weighted by molar-refractivity contribution is 0.672. The van der Waals surface area contributed by atoms with Gasteiger partial charge in [0.1, 0.15) is 11.2 Å². The highest BCUT2D eigenvalue weighted by molar-refractivity contribution is 6.17. The summed E-state index contributed by atoms with van der Waals surface area (Å²) in [4.78, 5) is 2.46. The third-order valence-electron chi connectivity index (χ3n) is 11.0. The van der Waals surface area contributed by atoms with E-state index in [0.717, 1.165) is 55.5 Å². The minimum atomic E-state index is 0.892. The number of anilines is 3. The molecule has 1 heterocycles. The fourth-order valence-electron chi connectivity index (χ4n) is 8.41. The highest BCUT2D eigenvalue weighted by Crippen LogP contribution is 2.47. The Kier molecular flexibility index (Phi) is 6.90. The predicted molar refractivity (Wildman–Crippen MR) is 229 cm³/mol. The first-order valence-electron chi connectivity index (χ1n) is 18.5. The van der Waals surface area contributed by atoms with Gasteiger partial charge >= 0.3 is 0 Å². The molecule has 0 radical (unpaired) electrons. The van der Waals surface area contributed by atoms with E-state index >= 15 is 0 Å². The highest BCUT2D eigenvalue weighted by atomic mass is 16.3. The van der Waals surface area contributed by atoms with Gasteiger partial charge in [0.2, 0.25) is 0 Å². The minimum Gasteiger partial charge on any atom is -0.455 e. The number of hydrogen-bond donors (Lipinski definition) is 0. The second-order valence-corrected chi connectivity index (χ2v) is 14.1. The van der Waals surface area contributed by atoms with Crippen LogP contribution in [-0.2, 0) is 0 Å². The van der Waals surface area contributed by atoms with Crippen molar-refractivity contribution in [3.63, 3.8) is 0 Å². The molecule has 0 spiro atoms. The molecule has 54 heavy (non-hydrogen) atoms. The molecule has 0 unspecified atom stereocenters. The van der Waals surface area contributed by atoms with Crippen molar-refractivity contribution < 1.29 is 4.42 Å². The number of nitrogens with zero attached hydrogens (tertiary/aromatic N) is 1. The van der Waals surface area contributed by atoms with Crippen molar-refractivity contribution in [2.75, 3.05) is 4.90 Å². The number of furan rings is 1. The molecule has 0 saturated carbocycles. The Hall–Kier alpha value is -7.16. The van der Waals surface area contributed by atoms with Gasteiger partial charge in [0.15, 0.2) is 0 Å². The molecule has 0 fully saturated rings. The average Bonchev–Trinajstić information content (AvgIpc) is 3.62. The van der Waals surface area contributed by atoms with Gasteiger partial charge in [0, 0.05) is 32.8 Å². The second kappa shape index (κ2) is 12.2. The molecule has 0 bridgehead atoms. The predicted octanol–water partition coefficient (Wildman–Crippen LogP) is 15.0. The maximum Gasteiger partial charge on any atom is 0.143 e. The van der Waals surface area contributed by atoms with Crippen LogP contribution in [0.15, 0.2) is 205 Å². The van der Waals surface area contributed by atoms with Crippen molar-refractivity contribution in [1.29, 1.82) is 0 Å². The van der Waals surface area contributed by atoms with Crippen LogP contribution in [0.1, 0.15) is 0 Å². The summed E-state index contributed by atoms with van der Waals surface area (Å²) in [6, 6.07) is 72.5. The summed E-state index contributed by atoms with van der Waals surface area (Å²) in [5.41, 5.74) is 9.79. The van der Waals surface area contributed by atoms with Crippen LogP contribution in [0.25, 0.3) is 87.3 Å². The second-order valence-electron chi connectivity index (χ2n) is 14.1. The van der Waals surface area contributed by atoms with Gasteiger partial charge in [-0.3, -0.25) is 0 Å². The van der Waals surface area contributed by atoms with E-state index in [2.05, 4.69) is 205 Å². The molecular weight excluding hydrogens is 655 g/mol. The van der Waals surface area contributed by atoms with Gasteiger partial charge in [-0.2, -0.15) is 0 Å². The van der Waals surface area contributed by atoms with E-state index in [1.807, 2.05) is 0 Å². The van der Waals surface area contributed by atoms with Crippen molar-refractivity contribution in [3.8, 4) is 22.3 Å².